The lowest BCUT2D eigenvalue weighted by atomic mass is 9.85. The van der Waals surface area contributed by atoms with E-state index in [2.05, 4.69) is 180 Å². The fourth-order valence-electron chi connectivity index (χ4n) is 8.62. The number of benzene rings is 9. The minimum absolute atomic E-state index is 0.649. The normalized spacial score (nSPS) is 11.6. The van der Waals surface area contributed by atoms with Gasteiger partial charge < -0.3 is 4.57 Å². The molecule has 0 aliphatic heterocycles. The number of para-hydroxylation sites is 2. The maximum absolute atomic E-state index is 9.87. The lowest BCUT2D eigenvalue weighted by Crippen LogP contribution is -1.94. The van der Waals surface area contributed by atoms with Crippen LogP contribution in [0.1, 0.15) is 5.56 Å². The molecular formula is C52H31N3. The zero-order valence-corrected chi connectivity index (χ0v) is 29.7. The SMILES string of the molecule is N#Cc1ccc2c(c1)c1cc(-c3ccc4c(-c5ccc6ccccc6c5)c5ccccc5c(-c5ccc6ccccc6n5)c4c3)ccc1n2-c1ccccc1. The summed E-state index contributed by atoms with van der Waals surface area (Å²) >= 11 is 0. The number of pyridine rings is 1. The molecule has 3 heteroatoms. The van der Waals surface area contributed by atoms with Gasteiger partial charge in [-0.3, -0.25) is 0 Å². The van der Waals surface area contributed by atoms with Crippen LogP contribution in [0.25, 0.3) is 104 Å². The van der Waals surface area contributed by atoms with E-state index in [9.17, 15) is 5.26 Å². The summed E-state index contributed by atoms with van der Waals surface area (Å²) in [6, 6.07) is 69.3. The number of rotatable bonds is 4. The summed E-state index contributed by atoms with van der Waals surface area (Å²) in [4.78, 5) is 5.29. The Morgan fingerprint density at radius 2 is 1.00 bits per heavy atom. The molecule has 0 radical (unpaired) electrons. The average Bonchev–Trinajstić information content (AvgIpc) is 3.58. The Balaban J connectivity index is 1.21. The van der Waals surface area contributed by atoms with Crippen molar-refractivity contribution in [3.63, 3.8) is 0 Å². The van der Waals surface area contributed by atoms with Gasteiger partial charge in [-0.25, -0.2) is 4.98 Å². The van der Waals surface area contributed by atoms with Gasteiger partial charge in [0.05, 0.1) is 33.9 Å². The summed E-state index contributed by atoms with van der Waals surface area (Å²) in [5, 5.41) is 20.3. The van der Waals surface area contributed by atoms with E-state index in [0.717, 1.165) is 66.2 Å². The Morgan fingerprint density at radius 1 is 0.400 bits per heavy atom. The van der Waals surface area contributed by atoms with Crippen LogP contribution in [0.4, 0.5) is 0 Å². The van der Waals surface area contributed by atoms with Crippen molar-refractivity contribution in [3.05, 3.63) is 194 Å². The van der Waals surface area contributed by atoms with Crippen LogP contribution in [0.3, 0.4) is 0 Å². The van der Waals surface area contributed by atoms with Crippen molar-refractivity contribution in [1.82, 2.24) is 9.55 Å². The molecule has 0 spiro atoms. The Morgan fingerprint density at radius 3 is 1.82 bits per heavy atom. The molecule has 0 saturated carbocycles. The number of nitriles is 1. The van der Waals surface area contributed by atoms with Crippen LogP contribution in [-0.2, 0) is 0 Å². The molecule has 0 fully saturated rings. The second-order valence-corrected chi connectivity index (χ2v) is 14.3. The minimum Gasteiger partial charge on any atom is -0.309 e. The predicted octanol–water partition coefficient (Wildman–Crippen LogP) is 13.7. The molecule has 0 N–H and O–H groups in total. The van der Waals surface area contributed by atoms with Gasteiger partial charge in [0.25, 0.3) is 0 Å². The number of fused-ring (bicyclic) bond motifs is 7. The first-order chi connectivity index (χ1) is 27.2. The topological polar surface area (TPSA) is 41.6 Å². The van der Waals surface area contributed by atoms with Gasteiger partial charge in [-0.15, -0.1) is 0 Å². The van der Waals surface area contributed by atoms with E-state index in [1.54, 1.807) is 0 Å². The maximum Gasteiger partial charge on any atom is 0.0991 e. The van der Waals surface area contributed by atoms with Crippen molar-refractivity contribution in [2.75, 3.05) is 0 Å². The van der Waals surface area contributed by atoms with Crippen molar-refractivity contribution in [1.29, 1.82) is 5.26 Å². The summed E-state index contributed by atoms with van der Waals surface area (Å²) in [5.74, 6) is 0. The summed E-state index contributed by atoms with van der Waals surface area (Å²) in [6.07, 6.45) is 0. The van der Waals surface area contributed by atoms with Gasteiger partial charge in [0, 0.05) is 27.4 Å². The van der Waals surface area contributed by atoms with Gasteiger partial charge in [0.15, 0.2) is 0 Å². The van der Waals surface area contributed by atoms with E-state index in [4.69, 9.17) is 4.98 Å². The maximum atomic E-state index is 9.87. The first-order valence-electron chi connectivity index (χ1n) is 18.6. The van der Waals surface area contributed by atoms with Crippen molar-refractivity contribution in [2.45, 2.75) is 0 Å². The number of nitrogens with zero attached hydrogens (tertiary/aromatic N) is 3. The second kappa shape index (κ2) is 12.3. The Hall–Kier alpha value is -7.54. The van der Waals surface area contributed by atoms with E-state index < -0.39 is 0 Å². The quantitative estimate of drug-likeness (QED) is 0.172. The molecule has 9 aromatic carbocycles. The number of aromatic nitrogens is 2. The van der Waals surface area contributed by atoms with Crippen molar-refractivity contribution in [3.8, 4) is 45.3 Å². The lowest BCUT2D eigenvalue weighted by Gasteiger charge is -2.19. The van der Waals surface area contributed by atoms with Crippen LogP contribution >= 0.6 is 0 Å². The van der Waals surface area contributed by atoms with Gasteiger partial charge in [0.1, 0.15) is 0 Å². The molecule has 0 aliphatic rings. The Bertz CT molecular complexity index is 3380. The minimum atomic E-state index is 0.649. The molecule has 11 rings (SSSR count). The monoisotopic (exact) mass is 697 g/mol. The highest BCUT2D eigenvalue weighted by Gasteiger charge is 2.20. The second-order valence-electron chi connectivity index (χ2n) is 14.3. The first kappa shape index (κ1) is 31.0. The molecule has 0 atom stereocenters. The highest BCUT2D eigenvalue weighted by atomic mass is 15.0. The van der Waals surface area contributed by atoms with Crippen molar-refractivity contribution >= 4 is 65.0 Å². The molecule has 0 unspecified atom stereocenters. The van der Waals surface area contributed by atoms with E-state index in [-0.39, 0.29) is 0 Å². The van der Waals surface area contributed by atoms with Crippen LogP contribution in [0, 0.1) is 11.3 Å². The third-order valence-electron chi connectivity index (χ3n) is 11.2. The third kappa shape index (κ3) is 4.93. The van der Waals surface area contributed by atoms with Crippen LogP contribution in [-0.4, -0.2) is 9.55 Å². The standard InChI is InChI=1S/C52H31N3/c53-32-33-18-26-49-44(28-33)45-30-38(23-27-50(45)55(49)40-13-2-1-3-14-40)37-21-24-43-46(31-37)52(48-25-22-35-11-6-9-17-47(35)54-48)42-16-8-7-15-41(42)51(43)39-20-19-34-10-4-5-12-36(34)29-39/h1-31H. The van der Waals surface area contributed by atoms with Gasteiger partial charge in [-0.2, -0.15) is 5.26 Å². The zero-order valence-electron chi connectivity index (χ0n) is 29.7. The van der Waals surface area contributed by atoms with Gasteiger partial charge in [-0.1, -0.05) is 121 Å². The highest BCUT2D eigenvalue weighted by Crippen LogP contribution is 2.45. The average molecular weight is 698 g/mol. The van der Waals surface area contributed by atoms with Gasteiger partial charge in [-0.05, 0) is 121 Å². The lowest BCUT2D eigenvalue weighted by molar-refractivity contribution is 1.18. The molecule has 2 heterocycles. The predicted molar refractivity (Wildman–Crippen MR) is 230 cm³/mol. The smallest absolute Gasteiger partial charge is 0.0991 e. The number of hydrogen-bond donors (Lipinski definition) is 0. The molecule has 0 bridgehead atoms. The van der Waals surface area contributed by atoms with Crippen molar-refractivity contribution in [2.24, 2.45) is 0 Å². The molecule has 0 saturated heterocycles. The van der Waals surface area contributed by atoms with Crippen LogP contribution in [0.15, 0.2) is 188 Å². The van der Waals surface area contributed by atoms with Crippen molar-refractivity contribution < 1.29 is 0 Å². The molecule has 254 valence electrons. The van der Waals surface area contributed by atoms with Crippen LogP contribution in [0.5, 0.6) is 0 Å². The summed E-state index contributed by atoms with van der Waals surface area (Å²) < 4.78 is 2.29. The Kier molecular flexibility index (Phi) is 6.92. The molecule has 0 amide bonds. The Labute approximate surface area is 317 Å². The molecule has 2 aromatic heterocycles. The summed E-state index contributed by atoms with van der Waals surface area (Å²) in [7, 11) is 0. The van der Waals surface area contributed by atoms with E-state index in [1.807, 2.05) is 18.2 Å². The third-order valence-corrected chi connectivity index (χ3v) is 11.2. The largest absolute Gasteiger partial charge is 0.309 e. The highest BCUT2D eigenvalue weighted by molar-refractivity contribution is 6.22. The molecule has 3 nitrogen and oxygen atoms in total. The van der Waals surface area contributed by atoms with Gasteiger partial charge in [0.2, 0.25) is 0 Å². The van der Waals surface area contributed by atoms with E-state index >= 15 is 0 Å². The molecule has 0 aliphatic carbocycles. The zero-order chi connectivity index (χ0) is 36.5. The van der Waals surface area contributed by atoms with Gasteiger partial charge >= 0.3 is 0 Å². The first-order valence-corrected chi connectivity index (χ1v) is 18.6. The fourth-order valence-corrected chi connectivity index (χ4v) is 8.62. The summed E-state index contributed by atoms with van der Waals surface area (Å²) in [6.45, 7) is 0. The molecule has 55 heavy (non-hydrogen) atoms. The van der Waals surface area contributed by atoms with E-state index in [0.29, 0.717) is 5.56 Å². The van der Waals surface area contributed by atoms with Crippen LogP contribution in [0.2, 0.25) is 0 Å². The molecular weight excluding hydrogens is 667 g/mol. The summed E-state index contributed by atoms with van der Waals surface area (Å²) in [5.41, 5.74) is 11.6. The number of hydrogen-bond acceptors (Lipinski definition) is 2. The fraction of sp³-hybridized carbons (Fsp3) is 0. The van der Waals surface area contributed by atoms with Crippen LogP contribution < -0.4 is 0 Å². The van der Waals surface area contributed by atoms with E-state index in [1.165, 1.54) is 38.1 Å². The molecule has 11 aromatic rings.